The maximum atomic E-state index is 5.76. The number of nitrogens with zero attached hydrogens (tertiary/aromatic N) is 1. The lowest BCUT2D eigenvalue weighted by molar-refractivity contribution is 0.277. The molecule has 1 aliphatic heterocycles. The zero-order valence-electron chi connectivity index (χ0n) is 9.86. The second-order valence-corrected chi connectivity index (χ2v) is 5.94. The first-order chi connectivity index (χ1) is 7.79. The summed E-state index contributed by atoms with van der Waals surface area (Å²) in [6.07, 6.45) is 0. The minimum absolute atomic E-state index is 0.647. The van der Waals surface area contributed by atoms with E-state index in [4.69, 9.17) is 5.73 Å². The van der Waals surface area contributed by atoms with Gasteiger partial charge in [0.05, 0.1) is 0 Å². The molecule has 1 saturated heterocycles. The molecule has 2 N–H and O–H groups in total. The SMILES string of the molecule is CC1CN(Cc2ccccc2CN)CCS1. The average Bonchev–Trinajstić information content (AvgIpc) is 2.30. The van der Waals surface area contributed by atoms with E-state index in [1.54, 1.807) is 0 Å². The summed E-state index contributed by atoms with van der Waals surface area (Å²) in [6, 6.07) is 8.52. The van der Waals surface area contributed by atoms with E-state index in [1.807, 2.05) is 0 Å². The zero-order chi connectivity index (χ0) is 11.4. The van der Waals surface area contributed by atoms with Crippen LogP contribution in [0.4, 0.5) is 0 Å². The van der Waals surface area contributed by atoms with Crippen molar-refractivity contribution in [3.63, 3.8) is 0 Å². The summed E-state index contributed by atoms with van der Waals surface area (Å²) in [5.74, 6) is 1.26. The van der Waals surface area contributed by atoms with Crippen molar-refractivity contribution < 1.29 is 0 Å². The van der Waals surface area contributed by atoms with Crippen LogP contribution in [0, 0.1) is 0 Å². The van der Waals surface area contributed by atoms with Crippen LogP contribution in [0.25, 0.3) is 0 Å². The first-order valence-electron chi connectivity index (χ1n) is 5.90. The van der Waals surface area contributed by atoms with Crippen LogP contribution < -0.4 is 5.73 Å². The molecular formula is C13H20N2S. The summed E-state index contributed by atoms with van der Waals surface area (Å²) in [7, 11) is 0. The highest BCUT2D eigenvalue weighted by Crippen LogP contribution is 2.20. The molecule has 3 heteroatoms. The second-order valence-electron chi connectivity index (χ2n) is 4.39. The van der Waals surface area contributed by atoms with Gasteiger partial charge in [0, 0.05) is 37.2 Å². The number of hydrogen-bond donors (Lipinski definition) is 1. The van der Waals surface area contributed by atoms with Crippen molar-refractivity contribution in [2.45, 2.75) is 25.3 Å². The lowest BCUT2D eigenvalue weighted by Gasteiger charge is -2.31. The van der Waals surface area contributed by atoms with Gasteiger partial charge in [-0.1, -0.05) is 31.2 Å². The minimum atomic E-state index is 0.647. The minimum Gasteiger partial charge on any atom is -0.326 e. The van der Waals surface area contributed by atoms with Crippen molar-refractivity contribution in [1.82, 2.24) is 4.90 Å². The van der Waals surface area contributed by atoms with Gasteiger partial charge in [0.25, 0.3) is 0 Å². The molecule has 0 aliphatic carbocycles. The van der Waals surface area contributed by atoms with Gasteiger partial charge >= 0.3 is 0 Å². The smallest absolute Gasteiger partial charge is 0.0237 e. The van der Waals surface area contributed by atoms with E-state index in [1.165, 1.54) is 30.0 Å². The highest BCUT2D eigenvalue weighted by Gasteiger charge is 2.17. The monoisotopic (exact) mass is 236 g/mol. The van der Waals surface area contributed by atoms with E-state index >= 15 is 0 Å². The van der Waals surface area contributed by atoms with Gasteiger partial charge in [-0.2, -0.15) is 11.8 Å². The van der Waals surface area contributed by atoms with Crippen molar-refractivity contribution >= 4 is 11.8 Å². The molecule has 0 amide bonds. The molecular weight excluding hydrogens is 216 g/mol. The van der Waals surface area contributed by atoms with Gasteiger partial charge in [0.2, 0.25) is 0 Å². The lowest BCUT2D eigenvalue weighted by Crippen LogP contribution is -2.36. The quantitative estimate of drug-likeness (QED) is 0.871. The number of rotatable bonds is 3. The number of benzene rings is 1. The summed E-state index contributed by atoms with van der Waals surface area (Å²) in [5, 5.41) is 0.763. The van der Waals surface area contributed by atoms with Gasteiger partial charge in [-0.15, -0.1) is 0 Å². The molecule has 1 atom stereocenters. The Bertz CT molecular complexity index is 340. The maximum absolute atomic E-state index is 5.76. The van der Waals surface area contributed by atoms with E-state index in [0.29, 0.717) is 6.54 Å². The molecule has 0 radical (unpaired) electrons. The van der Waals surface area contributed by atoms with Crippen LogP contribution in [-0.2, 0) is 13.1 Å². The number of hydrogen-bond acceptors (Lipinski definition) is 3. The van der Waals surface area contributed by atoms with Crippen LogP contribution in [0.1, 0.15) is 18.1 Å². The van der Waals surface area contributed by atoms with Gasteiger partial charge in [-0.05, 0) is 11.1 Å². The molecule has 2 rings (SSSR count). The zero-order valence-corrected chi connectivity index (χ0v) is 10.7. The van der Waals surface area contributed by atoms with Crippen LogP contribution in [0.15, 0.2) is 24.3 Å². The number of thioether (sulfide) groups is 1. The largest absolute Gasteiger partial charge is 0.326 e. The molecule has 2 nitrogen and oxygen atoms in total. The highest BCUT2D eigenvalue weighted by molar-refractivity contribution is 7.99. The summed E-state index contributed by atoms with van der Waals surface area (Å²) in [6.45, 7) is 6.41. The molecule has 1 fully saturated rings. The van der Waals surface area contributed by atoms with E-state index in [2.05, 4.69) is 47.9 Å². The third-order valence-electron chi connectivity index (χ3n) is 3.06. The third-order valence-corrected chi connectivity index (χ3v) is 4.19. The molecule has 0 bridgehead atoms. The van der Waals surface area contributed by atoms with Gasteiger partial charge in [0.1, 0.15) is 0 Å². The molecule has 1 unspecified atom stereocenters. The molecule has 1 heterocycles. The van der Waals surface area contributed by atoms with Crippen LogP contribution in [0.2, 0.25) is 0 Å². The normalized spacial score (nSPS) is 22.2. The van der Waals surface area contributed by atoms with Gasteiger partial charge in [-0.25, -0.2) is 0 Å². The van der Waals surface area contributed by atoms with Crippen molar-refractivity contribution in [3.05, 3.63) is 35.4 Å². The summed E-state index contributed by atoms with van der Waals surface area (Å²) in [5.41, 5.74) is 8.44. The van der Waals surface area contributed by atoms with Crippen LogP contribution in [-0.4, -0.2) is 29.0 Å². The average molecular weight is 236 g/mol. The molecule has 1 aliphatic rings. The second kappa shape index (κ2) is 5.71. The van der Waals surface area contributed by atoms with E-state index in [-0.39, 0.29) is 0 Å². The fraction of sp³-hybridized carbons (Fsp3) is 0.538. The summed E-state index contributed by atoms with van der Waals surface area (Å²) in [4.78, 5) is 2.54. The predicted octanol–water partition coefficient (Wildman–Crippen LogP) is 2.08. The molecule has 16 heavy (non-hydrogen) atoms. The lowest BCUT2D eigenvalue weighted by atomic mass is 10.1. The molecule has 1 aromatic carbocycles. The predicted molar refractivity (Wildman–Crippen MR) is 71.5 cm³/mol. The van der Waals surface area contributed by atoms with Gasteiger partial charge < -0.3 is 5.73 Å². The standard InChI is InChI=1S/C13H20N2S/c1-11-9-15(6-7-16-11)10-13-5-3-2-4-12(13)8-14/h2-5,11H,6-10,14H2,1H3. The third kappa shape index (κ3) is 3.00. The maximum Gasteiger partial charge on any atom is 0.0237 e. The Labute approximate surface area is 102 Å². The Morgan fingerprint density at radius 3 is 2.81 bits per heavy atom. The fourth-order valence-corrected chi connectivity index (χ4v) is 3.27. The Balaban J connectivity index is 2.02. The van der Waals surface area contributed by atoms with E-state index in [0.717, 1.165) is 11.8 Å². The Morgan fingerprint density at radius 2 is 2.12 bits per heavy atom. The molecule has 0 saturated carbocycles. The first kappa shape index (κ1) is 12.0. The van der Waals surface area contributed by atoms with Crippen LogP contribution in [0.5, 0.6) is 0 Å². The van der Waals surface area contributed by atoms with Gasteiger partial charge in [0.15, 0.2) is 0 Å². The van der Waals surface area contributed by atoms with Crippen LogP contribution in [0.3, 0.4) is 0 Å². The Hall–Kier alpha value is -0.510. The van der Waals surface area contributed by atoms with Gasteiger partial charge in [-0.3, -0.25) is 4.90 Å². The molecule has 88 valence electrons. The summed E-state index contributed by atoms with van der Waals surface area (Å²) >= 11 is 2.08. The summed E-state index contributed by atoms with van der Waals surface area (Å²) < 4.78 is 0. The number of nitrogens with two attached hydrogens (primary N) is 1. The topological polar surface area (TPSA) is 29.3 Å². The van der Waals surface area contributed by atoms with Crippen molar-refractivity contribution in [1.29, 1.82) is 0 Å². The first-order valence-corrected chi connectivity index (χ1v) is 6.95. The Kier molecular flexibility index (Phi) is 4.27. The molecule has 1 aromatic rings. The van der Waals surface area contributed by atoms with Crippen molar-refractivity contribution in [2.75, 3.05) is 18.8 Å². The van der Waals surface area contributed by atoms with Crippen molar-refractivity contribution in [3.8, 4) is 0 Å². The van der Waals surface area contributed by atoms with Crippen LogP contribution >= 0.6 is 11.8 Å². The van der Waals surface area contributed by atoms with Crippen molar-refractivity contribution in [2.24, 2.45) is 5.73 Å². The van der Waals surface area contributed by atoms with E-state index < -0.39 is 0 Å². The fourth-order valence-electron chi connectivity index (χ4n) is 2.19. The van der Waals surface area contributed by atoms with E-state index in [9.17, 15) is 0 Å². The Morgan fingerprint density at radius 1 is 1.38 bits per heavy atom. The highest BCUT2D eigenvalue weighted by atomic mass is 32.2. The molecule has 0 aromatic heterocycles. The molecule has 0 spiro atoms.